The number of unbranched alkanes of at least 4 members (excludes halogenated alkanes) is 1. The summed E-state index contributed by atoms with van der Waals surface area (Å²) >= 11 is 0. The van der Waals surface area contributed by atoms with Gasteiger partial charge in [0.2, 0.25) is 17.7 Å². The Morgan fingerprint density at radius 2 is 1.70 bits per heavy atom. The van der Waals surface area contributed by atoms with Crippen LogP contribution in [0, 0.1) is 0 Å². The van der Waals surface area contributed by atoms with Gasteiger partial charge < -0.3 is 42.2 Å². The monoisotopic (exact) mass is 592 g/mol. The molecule has 0 saturated carbocycles. The largest absolute Gasteiger partial charge is 0.508 e. The number of carbonyl (C=O) groups excluding carboxylic acids is 3. The van der Waals surface area contributed by atoms with E-state index in [9.17, 15) is 29.4 Å². The number of carboxylic acid groups (broad SMARTS) is 1. The zero-order valence-corrected chi connectivity index (χ0v) is 24.0. The van der Waals surface area contributed by atoms with Gasteiger partial charge in [-0.1, -0.05) is 30.3 Å². The van der Waals surface area contributed by atoms with Crippen LogP contribution in [0.15, 0.2) is 54.7 Å². The summed E-state index contributed by atoms with van der Waals surface area (Å²) in [6, 6.07) is 9.91. The molecule has 0 radical (unpaired) electrons. The maximum absolute atomic E-state index is 13.7. The van der Waals surface area contributed by atoms with Crippen LogP contribution in [0.5, 0.6) is 5.75 Å². The van der Waals surface area contributed by atoms with Crippen LogP contribution in [0.1, 0.15) is 43.2 Å². The van der Waals surface area contributed by atoms with Crippen LogP contribution in [0.25, 0.3) is 10.9 Å². The molecule has 0 spiro atoms. The molecule has 4 unspecified atom stereocenters. The fourth-order valence-corrected chi connectivity index (χ4v) is 5.50. The first-order chi connectivity index (χ1) is 20.7. The van der Waals surface area contributed by atoms with Gasteiger partial charge in [-0.25, -0.2) is 4.79 Å². The number of phenols is 1. The summed E-state index contributed by atoms with van der Waals surface area (Å²) in [5.41, 5.74) is 14.4. The standard InChI is InChI=1S/C31H40N6O6/c32-14-4-3-8-25(30(41)37-15-5-9-27(37)31(42)43)35-29(40)26(16-19-10-12-21(38)13-11-19)36-28(39)23(33)17-20-18-34-24-7-2-1-6-22(20)24/h1-2,6-7,10-13,18,23,25-27,34,38H,3-5,8-9,14-17,32-33H2,(H,35,40)(H,36,39)(H,42,43). The Balaban J connectivity index is 1.52. The third-order valence-corrected chi connectivity index (χ3v) is 7.84. The van der Waals surface area contributed by atoms with Gasteiger partial charge in [0.1, 0.15) is 23.9 Å². The van der Waals surface area contributed by atoms with Crippen molar-refractivity contribution in [1.82, 2.24) is 20.5 Å². The number of phenolic OH excluding ortho intramolecular Hbond substituents is 1. The lowest BCUT2D eigenvalue weighted by atomic mass is 10.0. The maximum Gasteiger partial charge on any atom is 0.326 e. The molecule has 43 heavy (non-hydrogen) atoms. The molecule has 3 amide bonds. The third kappa shape index (κ3) is 8.11. The molecule has 12 nitrogen and oxygen atoms in total. The van der Waals surface area contributed by atoms with Crippen LogP contribution in [-0.4, -0.2) is 81.0 Å². The van der Waals surface area contributed by atoms with Gasteiger partial charge in [-0.05, 0) is 74.4 Å². The van der Waals surface area contributed by atoms with Crippen molar-refractivity contribution in [2.24, 2.45) is 11.5 Å². The molecule has 1 aliphatic heterocycles. The molecule has 1 saturated heterocycles. The minimum absolute atomic E-state index is 0.0544. The number of likely N-dealkylation sites (tertiary alicyclic amines) is 1. The van der Waals surface area contributed by atoms with Crippen LogP contribution in [0.2, 0.25) is 0 Å². The van der Waals surface area contributed by atoms with Crippen LogP contribution in [-0.2, 0) is 32.0 Å². The first-order valence-electron chi connectivity index (χ1n) is 14.6. The van der Waals surface area contributed by atoms with Crippen molar-refractivity contribution in [1.29, 1.82) is 0 Å². The fourth-order valence-electron chi connectivity index (χ4n) is 5.50. The van der Waals surface area contributed by atoms with E-state index < -0.39 is 47.9 Å². The maximum atomic E-state index is 13.7. The number of aromatic nitrogens is 1. The van der Waals surface area contributed by atoms with E-state index in [0.717, 1.165) is 16.5 Å². The number of hydrogen-bond donors (Lipinski definition) is 7. The molecule has 9 N–H and O–H groups in total. The number of carboxylic acids is 1. The number of fused-ring (bicyclic) bond motifs is 1. The summed E-state index contributed by atoms with van der Waals surface area (Å²) in [7, 11) is 0. The molecule has 0 aliphatic carbocycles. The Morgan fingerprint density at radius 3 is 2.42 bits per heavy atom. The Bertz CT molecular complexity index is 1420. The number of amides is 3. The number of benzene rings is 2. The zero-order valence-electron chi connectivity index (χ0n) is 24.0. The lowest BCUT2D eigenvalue weighted by Crippen LogP contribution is -2.57. The van der Waals surface area contributed by atoms with E-state index in [1.54, 1.807) is 18.3 Å². The Morgan fingerprint density at radius 1 is 0.977 bits per heavy atom. The summed E-state index contributed by atoms with van der Waals surface area (Å²) in [5, 5.41) is 25.8. The smallest absolute Gasteiger partial charge is 0.326 e. The van der Waals surface area contributed by atoms with Gasteiger partial charge in [0.05, 0.1) is 6.04 Å². The number of H-pyrrole nitrogens is 1. The van der Waals surface area contributed by atoms with E-state index in [-0.39, 0.29) is 31.6 Å². The minimum Gasteiger partial charge on any atom is -0.508 e. The van der Waals surface area contributed by atoms with E-state index in [1.165, 1.54) is 17.0 Å². The zero-order chi connectivity index (χ0) is 30.9. The predicted octanol–water partition coefficient (Wildman–Crippen LogP) is 1.16. The predicted molar refractivity (Wildman–Crippen MR) is 161 cm³/mol. The molecule has 2 aromatic carbocycles. The van der Waals surface area contributed by atoms with E-state index >= 15 is 0 Å². The second kappa shape index (κ2) is 14.7. The van der Waals surface area contributed by atoms with E-state index in [2.05, 4.69) is 15.6 Å². The van der Waals surface area contributed by atoms with E-state index in [0.29, 0.717) is 37.8 Å². The number of carbonyl (C=O) groups is 4. The highest BCUT2D eigenvalue weighted by atomic mass is 16.4. The van der Waals surface area contributed by atoms with Gasteiger partial charge in [-0.3, -0.25) is 14.4 Å². The highest BCUT2D eigenvalue weighted by Gasteiger charge is 2.38. The van der Waals surface area contributed by atoms with Crippen molar-refractivity contribution in [3.63, 3.8) is 0 Å². The Hall–Kier alpha value is -4.42. The Kier molecular flexibility index (Phi) is 10.7. The molecule has 3 aromatic rings. The van der Waals surface area contributed by atoms with Crippen LogP contribution < -0.4 is 22.1 Å². The molecular weight excluding hydrogens is 552 g/mol. The van der Waals surface area contributed by atoms with Crippen molar-refractivity contribution in [2.45, 2.75) is 69.1 Å². The number of hydrogen-bond acceptors (Lipinski definition) is 7. The Labute approximate surface area is 249 Å². The van der Waals surface area contributed by atoms with Crippen molar-refractivity contribution in [2.75, 3.05) is 13.1 Å². The SMILES string of the molecule is NCCCCC(NC(=O)C(Cc1ccc(O)cc1)NC(=O)C(N)Cc1c[nH]c2ccccc12)C(=O)N1CCCC1C(=O)O. The molecule has 12 heteroatoms. The summed E-state index contributed by atoms with van der Waals surface area (Å²) in [4.78, 5) is 56.7. The number of aromatic amines is 1. The van der Waals surface area contributed by atoms with Gasteiger partial charge in [-0.15, -0.1) is 0 Å². The first kappa shape index (κ1) is 31.5. The molecular formula is C31H40N6O6. The van der Waals surface area contributed by atoms with E-state index in [4.69, 9.17) is 11.5 Å². The number of para-hydroxylation sites is 1. The van der Waals surface area contributed by atoms with Gasteiger partial charge >= 0.3 is 5.97 Å². The highest BCUT2D eigenvalue weighted by Crippen LogP contribution is 2.21. The van der Waals surface area contributed by atoms with Gasteiger partial charge in [0.15, 0.2) is 0 Å². The molecule has 4 rings (SSSR count). The summed E-state index contributed by atoms with van der Waals surface area (Å²) in [6.07, 6.45) is 4.45. The summed E-state index contributed by atoms with van der Waals surface area (Å²) < 4.78 is 0. The first-order valence-corrected chi connectivity index (χ1v) is 14.6. The van der Waals surface area contributed by atoms with Gasteiger partial charge in [0.25, 0.3) is 0 Å². The van der Waals surface area contributed by atoms with Crippen molar-refractivity contribution in [3.8, 4) is 5.75 Å². The molecule has 0 bridgehead atoms. The lowest BCUT2D eigenvalue weighted by molar-refractivity contribution is -0.149. The number of nitrogens with two attached hydrogens (primary N) is 2. The van der Waals surface area contributed by atoms with Crippen molar-refractivity contribution >= 4 is 34.6 Å². The van der Waals surface area contributed by atoms with Crippen LogP contribution in [0.3, 0.4) is 0 Å². The fraction of sp³-hybridized carbons (Fsp3) is 0.419. The molecule has 1 fully saturated rings. The number of aromatic hydroxyl groups is 1. The van der Waals surface area contributed by atoms with Crippen molar-refractivity contribution in [3.05, 3.63) is 65.9 Å². The quantitative estimate of drug-likeness (QED) is 0.135. The minimum atomic E-state index is -1.09. The van der Waals surface area contributed by atoms with E-state index in [1.807, 2.05) is 24.3 Å². The average molecular weight is 593 g/mol. The van der Waals surface area contributed by atoms with Gasteiger partial charge in [0, 0.05) is 30.1 Å². The normalized spacial score (nSPS) is 16.9. The lowest BCUT2D eigenvalue weighted by Gasteiger charge is -2.29. The van der Waals surface area contributed by atoms with Crippen LogP contribution >= 0.6 is 0 Å². The number of nitrogens with one attached hydrogen (secondary N) is 3. The molecule has 1 aliphatic rings. The average Bonchev–Trinajstić information content (AvgIpc) is 3.65. The number of nitrogens with zero attached hydrogens (tertiary/aromatic N) is 1. The third-order valence-electron chi connectivity index (χ3n) is 7.84. The summed E-state index contributed by atoms with van der Waals surface area (Å²) in [6.45, 7) is 0.694. The highest BCUT2D eigenvalue weighted by molar-refractivity contribution is 5.94. The summed E-state index contributed by atoms with van der Waals surface area (Å²) in [5.74, 6) is -2.64. The molecule has 2 heterocycles. The molecule has 1 aromatic heterocycles. The number of rotatable bonds is 14. The van der Waals surface area contributed by atoms with Crippen LogP contribution in [0.4, 0.5) is 0 Å². The number of aliphatic carboxylic acids is 1. The van der Waals surface area contributed by atoms with Gasteiger partial charge in [-0.2, -0.15) is 0 Å². The second-order valence-corrected chi connectivity index (χ2v) is 11.0. The van der Waals surface area contributed by atoms with Crippen molar-refractivity contribution < 1.29 is 29.4 Å². The molecule has 4 atom stereocenters. The second-order valence-electron chi connectivity index (χ2n) is 11.0. The molecule has 230 valence electrons. The topological polar surface area (TPSA) is 204 Å².